The van der Waals surface area contributed by atoms with E-state index in [-0.39, 0.29) is 23.1 Å². The fraction of sp³-hybridized carbons (Fsp3) is 0.0909. The largest absolute Gasteiger partial charge is 0.483 e. The fourth-order valence-corrected chi connectivity index (χ4v) is 2.91. The second kappa shape index (κ2) is 5.25. The van der Waals surface area contributed by atoms with E-state index in [0.29, 0.717) is 0 Å². The van der Waals surface area contributed by atoms with Crippen LogP contribution in [0.15, 0.2) is 28.1 Å². The summed E-state index contributed by atoms with van der Waals surface area (Å²) in [7, 11) is 0. The third-order valence-corrected chi connectivity index (χ3v) is 3.84. The fourth-order valence-electron chi connectivity index (χ4n) is 1.31. The van der Waals surface area contributed by atoms with E-state index in [1.165, 1.54) is 23.5 Å². The highest BCUT2D eigenvalue weighted by atomic mass is 79.9. The van der Waals surface area contributed by atoms with Gasteiger partial charge in [0, 0.05) is 9.90 Å². The number of benzene rings is 1. The van der Waals surface area contributed by atoms with Crippen LogP contribution in [0.5, 0.6) is 5.75 Å². The van der Waals surface area contributed by atoms with Gasteiger partial charge in [-0.15, -0.1) is 11.3 Å². The van der Waals surface area contributed by atoms with E-state index in [9.17, 15) is 4.39 Å². The minimum absolute atomic E-state index is 0.0407. The monoisotopic (exact) mass is 335 g/mol. The Morgan fingerprint density at radius 1 is 1.41 bits per heavy atom. The summed E-state index contributed by atoms with van der Waals surface area (Å²) in [5.41, 5.74) is 5.84. The predicted molar refractivity (Wildman–Crippen MR) is 72.2 cm³/mol. The van der Waals surface area contributed by atoms with Crippen LogP contribution in [-0.4, -0.2) is 0 Å². The molecule has 0 saturated heterocycles. The van der Waals surface area contributed by atoms with Crippen LogP contribution in [0.4, 0.5) is 10.1 Å². The van der Waals surface area contributed by atoms with Gasteiger partial charge in [0.2, 0.25) is 0 Å². The Labute approximate surface area is 115 Å². The molecule has 1 aromatic heterocycles. The minimum atomic E-state index is -0.550. The van der Waals surface area contributed by atoms with Crippen LogP contribution in [0.3, 0.4) is 0 Å². The van der Waals surface area contributed by atoms with Crippen molar-refractivity contribution in [3.05, 3.63) is 43.8 Å². The average Bonchev–Trinajstić information content (AvgIpc) is 2.62. The molecule has 90 valence electrons. The molecular formula is C11H8BrClFNOS. The number of thiophene rings is 1. The van der Waals surface area contributed by atoms with Crippen molar-refractivity contribution in [2.75, 3.05) is 5.73 Å². The third kappa shape index (κ3) is 3.12. The highest BCUT2D eigenvalue weighted by Crippen LogP contribution is 2.31. The van der Waals surface area contributed by atoms with E-state index < -0.39 is 5.82 Å². The molecule has 2 N–H and O–H groups in total. The van der Waals surface area contributed by atoms with Crippen molar-refractivity contribution in [2.45, 2.75) is 6.61 Å². The summed E-state index contributed by atoms with van der Waals surface area (Å²) in [6.07, 6.45) is 0. The highest BCUT2D eigenvalue weighted by Gasteiger charge is 2.10. The van der Waals surface area contributed by atoms with E-state index in [0.717, 1.165) is 8.66 Å². The van der Waals surface area contributed by atoms with Crippen LogP contribution in [0.2, 0.25) is 5.02 Å². The molecule has 0 bridgehead atoms. The molecule has 0 fully saturated rings. The lowest BCUT2D eigenvalue weighted by atomic mass is 10.3. The lowest BCUT2D eigenvalue weighted by molar-refractivity contribution is 0.295. The van der Waals surface area contributed by atoms with Crippen LogP contribution in [0.25, 0.3) is 0 Å². The lowest BCUT2D eigenvalue weighted by Gasteiger charge is -2.09. The summed E-state index contributed by atoms with van der Waals surface area (Å²) >= 11 is 10.5. The van der Waals surface area contributed by atoms with Gasteiger partial charge in [-0.05, 0) is 40.2 Å². The summed E-state index contributed by atoms with van der Waals surface area (Å²) in [5, 5.41) is 0.256. The van der Waals surface area contributed by atoms with Gasteiger partial charge in [0.1, 0.15) is 6.61 Å². The number of halogens is 3. The van der Waals surface area contributed by atoms with Crippen molar-refractivity contribution >= 4 is 44.6 Å². The van der Waals surface area contributed by atoms with Gasteiger partial charge in [-0.2, -0.15) is 0 Å². The molecule has 6 heteroatoms. The molecule has 0 aliphatic carbocycles. The standard InChI is InChI=1S/C11H8BrClFNOS/c12-10-2-1-7(17-10)5-16-11-8(14)3-6(13)4-9(11)15/h1-4H,5,15H2. The first kappa shape index (κ1) is 12.7. The zero-order chi connectivity index (χ0) is 12.4. The molecule has 2 nitrogen and oxygen atoms in total. The van der Waals surface area contributed by atoms with Gasteiger partial charge in [-0.3, -0.25) is 0 Å². The summed E-state index contributed by atoms with van der Waals surface area (Å²) in [4.78, 5) is 0.977. The molecule has 0 radical (unpaired) electrons. The molecule has 0 spiro atoms. The van der Waals surface area contributed by atoms with Crippen molar-refractivity contribution in [2.24, 2.45) is 0 Å². The Morgan fingerprint density at radius 3 is 2.76 bits per heavy atom. The van der Waals surface area contributed by atoms with E-state index in [1.54, 1.807) is 0 Å². The summed E-state index contributed by atoms with van der Waals surface area (Å²) in [5.74, 6) is -0.510. The molecule has 2 aromatic rings. The van der Waals surface area contributed by atoms with Gasteiger partial charge in [0.15, 0.2) is 11.6 Å². The molecule has 0 aliphatic heterocycles. The topological polar surface area (TPSA) is 35.2 Å². The molecule has 0 aliphatic rings. The van der Waals surface area contributed by atoms with Crippen molar-refractivity contribution < 1.29 is 9.13 Å². The smallest absolute Gasteiger partial charge is 0.178 e. The third-order valence-electron chi connectivity index (χ3n) is 2.02. The van der Waals surface area contributed by atoms with Gasteiger partial charge in [-0.1, -0.05) is 11.6 Å². The maximum atomic E-state index is 13.5. The van der Waals surface area contributed by atoms with E-state index in [2.05, 4.69) is 15.9 Å². The highest BCUT2D eigenvalue weighted by molar-refractivity contribution is 9.11. The summed E-state index contributed by atoms with van der Waals surface area (Å²) in [6, 6.07) is 6.45. The van der Waals surface area contributed by atoms with Crippen LogP contribution in [0.1, 0.15) is 4.88 Å². The SMILES string of the molecule is Nc1cc(Cl)cc(F)c1OCc1ccc(Br)s1. The average molecular weight is 337 g/mol. The predicted octanol–water partition coefficient (Wildman–Crippen LogP) is 4.46. The number of nitrogen functional groups attached to an aromatic ring is 1. The second-order valence-electron chi connectivity index (χ2n) is 3.30. The van der Waals surface area contributed by atoms with Gasteiger partial charge < -0.3 is 10.5 Å². The van der Waals surface area contributed by atoms with Crippen LogP contribution in [-0.2, 0) is 6.61 Å². The van der Waals surface area contributed by atoms with Crippen molar-refractivity contribution in [3.8, 4) is 5.75 Å². The van der Waals surface area contributed by atoms with Gasteiger partial charge in [-0.25, -0.2) is 4.39 Å². The van der Waals surface area contributed by atoms with Gasteiger partial charge >= 0.3 is 0 Å². The van der Waals surface area contributed by atoms with Crippen LogP contribution < -0.4 is 10.5 Å². The lowest BCUT2D eigenvalue weighted by Crippen LogP contribution is -2.00. The molecule has 1 aromatic carbocycles. The summed E-state index contributed by atoms with van der Waals surface area (Å²) < 4.78 is 19.9. The van der Waals surface area contributed by atoms with Crippen molar-refractivity contribution in [1.82, 2.24) is 0 Å². The van der Waals surface area contributed by atoms with Crippen LogP contribution >= 0.6 is 38.9 Å². The molecule has 2 rings (SSSR count). The Hall–Kier alpha value is -0.780. The van der Waals surface area contributed by atoms with E-state index in [4.69, 9.17) is 22.1 Å². The van der Waals surface area contributed by atoms with E-state index in [1.807, 2.05) is 12.1 Å². The van der Waals surface area contributed by atoms with Crippen LogP contribution in [0, 0.1) is 5.82 Å². The number of rotatable bonds is 3. The first-order valence-corrected chi connectivity index (χ1v) is 6.66. The number of nitrogens with two attached hydrogens (primary N) is 1. The molecule has 1 heterocycles. The number of anilines is 1. The number of hydrogen-bond acceptors (Lipinski definition) is 3. The number of hydrogen-bond donors (Lipinski definition) is 1. The molecule has 0 saturated carbocycles. The van der Waals surface area contributed by atoms with Crippen molar-refractivity contribution in [3.63, 3.8) is 0 Å². The quantitative estimate of drug-likeness (QED) is 0.840. The maximum Gasteiger partial charge on any atom is 0.178 e. The van der Waals surface area contributed by atoms with Crippen molar-refractivity contribution in [1.29, 1.82) is 0 Å². The van der Waals surface area contributed by atoms with Gasteiger partial charge in [0.05, 0.1) is 9.47 Å². The Morgan fingerprint density at radius 2 is 2.18 bits per heavy atom. The normalized spacial score (nSPS) is 10.5. The first-order chi connectivity index (χ1) is 8.06. The minimum Gasteiger partial charge on any atom is -0.483 e. The Kier molecular flexibility index (Phi) is 3.91. The zero-order valence-electron chi connectivity index (χ0n) is 8.54. The molecule has 0 atom stereocenters. The maximum absolute atomic E-state index is 13.5. The van der Waals surface area contributed by atoms with E-state index >= 15 is 0 Å². The molecule has 0 amide bonds. The molecule has 0 unspecified atom stereocenters. The summed E-state index contributed by atoms with van der Waals surface area (Å²) in [6.45, 7) is 0.277. The number of ether oxygens (including phenoxy) is 1. The molecule has 17 heavy (non-hydrogen) atoms. The molecular weight excluding hydrogens is 329 g/mol. The second-order valence-corrected chi connectivity index (χ2v) is 6.28. The Bertz CT molecular complexity index is 523. The van der Waals surface area contributed by atoms with Gasteiger partial charge in [0.25, 0.3) is 0 Å². The Balaban J connectivity index is 2.14. The first-order valence-electron chi connectivity index (χ1n) is 4.68. The zero-order valence-corrected chi connectivity index (χ0v) is 11.7.